The molecule has 0 bridgehead atoms. The number of halogens is 3. The van der Waals surface area contributed by atoms with Gasteiger partial charge < -0.3 is 5.32 Å². The Morgan fingerprint density at radius 1 is 1.20 bits per heavy atom. The Morgan fingerprint density at radius 3 is 2.80 bits per heavy atom. The molecule has 5 heteroatoms. The van der Waals surface area contributed by atoms with Crippen molar-refractivity contribution >= 4 is 50.8 Å². The molecular formula is C15H8BrClFNO. The number of anilines is 1. The van der Waals surface area contributed by atoms with Crippen LogP contribution in [0, 0.1) is 5.82 Å². The Morgan fingerprint density at radius 2 is 2.00 bits per heavy atom. The molecule has 20 heavy (non-hydrogen) atoms. The third-order valence-corrected chi connectivity index (χ3v) is 3.75. The van der Waals surface area contributed by atoms with Gasteiger partial charge in [0.15, 0.2) is 0 Å². The van der Waals surface area contributed by atoms with E-state index in [-0.39, 0.29) is 11.7 Å². The second kappa shape index (κ2) is 5.04. The van der Waals surface area contributed by atoms with Crippen LogP contribution in [0.2, 0.25) is 5.02 Å². The van der Waals surface area contributed by atoms with Gasteiger partial charge >= 0.3 is 0 Å². The average Bonchev–Trinajstić information content (AvgIpc) is 2.69. The summed E-state index contributed by atoms with van der Waals surface area (Å²) in [5, 5.41) is 3.26. The van der Waals surface area contributed by atoms with E-state index in [9.17, 15) is 9.18 Å². The van der Waals surface area contributed by atoms with Crippen molar-refractivity contribution in [3.05, 3.63) is 62.8 Å². The fourth-order valence-electron chi connectivity index (χ4n) is 2.09. The van der Waals surface area contributed by atoms with Crippen LogP contribution >= 0.6 is 27.5 Å². The van der Waals surface area contributed by atoms with Gasteiger partial charge in [0, 0.05) is 26.2 Å². The zero-order valence-corrected chi connectivity index (χ0v) is 12.4. The van der Waals surface area contributed by atoms with E-state index >= 15 is 0 Å². The molecule has 1 N–H and O–H groups in total. The van der Waals surface area contributed by atoms with Gasteiger partial charge in [0.05, 0.1) is 5.69 Å². The maximum Gasteiger partial charge on any atom is 0.256 e. The van der Waals surface area contributed by atoms with Gasteiger partial charge in [0.25, 0.3) is 5.91 Å². The summed E-state index contributed by atoms with van der Waals surface area (Å²) >= 11 is 9.18. The summed E-state index contributed by atoms with van der Waals surface area (Å²) in [6.07, 6.45) is 1.54. The summed E-state index contributed by atoms with van der Waals surface area (Å²) in [6.45, 7) is 0. The second-order valence-corrected chi connectivity index (χ2v) is 5.72. The lowest BCUT2D eigenvalue weighted by Gasteiger charge is -2.01. The molecule has 0 unspecified atom stereocenters. The van der Waals surface area contributed by atoms with Gasteiger partial charge in [-0.1, -0.05) is 33.6 Å². The zero-order valence-electron chi connectivity index (χ0n) is 10.1. The number of rotatable bonds is 1. The Balaban J connectivity index is 2.13. The SMILES string of the molecule is O=C1Nc2cc(Cl)ccc2/C1=C/c1cc(Br)ccc1F. The van der Waals surface area contributed by atoms with Crippen molar-refractivity contribution in [3.63, 3.8) is 0 Å². The molecule has 0 saturated carbocycles. The summed E-state index contributed by atoms with van der Waals surface area (Å²) in [6, 6.07) is 9.71. The van der Waals surface area contributed by atoms with E-state index in [1.807, 2.05) is 0 Å². The van der Waals surface area contributed by atoms with Gasteiger partial charge in [-0.05, 0) is 36.4 Å². The minimum atomic E-state index is -0.379. The Kier molecular flexibility index (Phi) is 3.36. The predicted octanol–water partition coefficient (Wildman–Crippen LogP) is 4.73. The first-order valence-electron chi connectivity index (χ1n) is 5.82. The van der Waals surface area contributed by atoms with Crippen LogP contribution in [0.1, 0.15) is 11.1 Å². The molecule has 2 nitrogen and oxygen atoms in total. The van der Waals surface area contributed by atoms with E-state index in [4.69, 9.17) is 11.6 Å². The van der Waals surface area contributed by atoms with Crippen LogP contribution in [0.4, 0.5) is 10.1 Å². The number of carbonyl (C=O) groups excluding carboxylic acids is 1. The molecule has 2 aromatic rings. The van der Waals surface area contributed by atoms with E-state index < -0.39 is 0 Å². The van der Waals surface area contributed by atoms with Crippen molar-refractivity contribution in [2.75, 3.05) is 5.32 Å². The number of nitrogens with one attached hydrogen (secondary N) is 1. The first kappa shape index (κ1) is 13.3. The molecule has 0 spiro atoms. The van der Waals surface area contributed by atoms with Crippen molar-refractivity contribution in [2.45, 2.75) is 0 Å². The number of benzene rings is 2. The highest BCUT2D eigenvalue weighted by molar-refractivity contribution is 9.10. The lowest BCUT2D eigenvalue weighted by molar-refractivity contribution is -0.110. The fourth-order valence-corrected chi connectivity index (χ4v) is 2.64. The molecule has 1 aliphatic rings. The van der Waals surface area contributed by atoms with Crippen molar-refractivity contribution in [2.24, 2.45) is 0 Å². The predicted molar refractivity (Wildman–Crippen MR) is 82.1 cm³/mol. The Bertz CT molecular complexity index is 758. The Labute approximate surface area is 128 Å². The molecule has 100 valence electrons. The maximum absolute atomic E-state index is 13.8. The molecule has 0 aliphatic carbocycles. The number of hydrogen-bond acceptors (Lipinski definition) is 1. The third kappa shape index (κ3) is 2.37. The van der Waals surface area contributed by atoms with E-state index in [1.165, 1.54) is 12.1 Å². The highest BCUT2D eigenvalue weighted by atomic mass is 79.9. The molecule has 0 fully saturated rings. The molecule has 3 rings (SSSR count). The first-order valence-corrected chi connectivity index (χ1v) is 7.00. The van der Waals surface area contributed by atoms with Gasteiger partial charge in [-0.3, -0.25) is 4.79 Å². The standard InChI is InChI=1S/C15H8BrClFNO/c16-9-1-4-13(18)8(5-9)6-12-11-3-2-10(17)7-14(11)19-15(12)20/h1-7H,(H,19,20)/b12-6-. The monoisotopic (exact) mass is 351 g/mol. The van der Waals surface area contributed by atoms with Gasteiger partial charge in [0.2, 0.25) is 0 Å². The normalized spacial score (nSPS) is 15.3. The van der Waals surface area contributed by atoms with Crippen molar-refractivity contribution in [3.8, 4) is 0 Å². The van der Waals surface area contributed by atoms with Gasteiger partial charge in [-0.2, -0.15) is 0 Å². The van der Waals surface area contributed by atoms with Crippen molar-refractivity contribution < 1.29 is 9.18 Å². The number of carbonyl (C=O) groups is 1. The molecule has 2 aromatic carbocycles. The van der Waals surface area contributed by atoms with E-state index in [1.54, 1.807) is 30.3 Å². The topological polar surface area (TPSA) is 29.1 Å². The molecular weight excluding hydrogens is 345 g/mol. The van der Waals surface area contributed by atoms with E-state index in [0.29, 0.717) is 21.8 Å². The van der Waals surface area contributed by atoms with Crippen LogP contribution < -0.4 is 5.32 Å². The fraction of sp³-hybridized carbons (Fsp3) is 0. The molecule has 1 heterocycles. The van der Waals surface area contributed by atoms with Gasteiger partial charge in [0.1, 0.15) is 5.82 Å². The summed E-state index contributed by atoms with van der Waals surface area (Å²) in [5.74, 6) is -0.641. The Hall–Kier alpha value is -1.65. The van der Waals surface area contributed by atoms with Gasteiger partial charge in [-0.25, -0.2) is 4.39 Å². The molecule has 1 aliphatic heterocycles. The minimum absolute atomic E-state index is 0.262. The number of fused-ring (bicyclic) bond motifs is 1. The first-order chi connectivity index (χ1) is 9.54. The molecule has 0 atom stereocenters. The maximum atomic E-state index is 13.8. The van der Waals surface area contributed by atoms with Gasteiger partial charge in [-0.15, -0.1) is 0 Å². The smallest absolute Gasteiger partial charge is 0.256 e. The van der Waals surface area contributed by atoms with Crippen LogP contribution in [0.25, 0.3) is 11.6 Å². The summed E-state index contributed by atoms with van der Waals surface area (Å²) < 4.78 is 14.5. The average molecular weight is 353 g/mol. The van der Waals surface area contributed by atoms with Crippen molar-refractivity contribution in [1.29, 1.82) is 0 Å². The van der Waals surface area contributed by atoms with Crippen LogP contribution in [-0.4, -0.2) is 5.91 Å². The number of hydrogen-bond donors (Lipinski definition) is 1. The lowest BCUT2D eigenvalue weighted by atomic mass is 10.0. The lowest BCUT2D eigenvalue weighted by Crippen LogP contribution is -2.03. The summed E-state index contributed by atoms with van der Waals surface area (Å²) in [5.41, 5.74) is 2.14. The second-order valence-electron chi connectivity index (χ2n) is 4.37. The third-order valence-electron chi connectivity index (χ3n) is 3.02. The van der Waals surface area contributed by atoms with E-state index in [0.717, 1.165) is 10.0 Å². The zero-order chi connectivity index (χ0) is 14.3. The quantitative estimate of drug-likeness (QED) is 0.738. The molecule has 0 saturated heterocycles. The molecule has 0 aromatic heterocycles. The minimum Gasteiger partial charge on any atom is -0.321 e. The largest absolute Gasteiger partial charge is 0.321 e. The molecule has 1 amide bonds. The summed E-state index contributed by atoms with van der Waals surface area (Å²) in [7, 11) is 0. The highest BCUT2D eigenvalue weighted by Gasteiger charge is 2.24. The van der Waals surface area contributed by atoms with Crippen LogP contribution in [-0.2, 0) is 4.79 Å². The highest BCUT2D eigenvalue weighted by Crippen LogP contribution is 2.35. The summed E-state index contributed by atoms with van der Waals surface area (Å²) in [4.78, 5) is 12.0. The molecule has 0 radical (unpaired) electrons. The van der Waals surface area contributed by atoms with Crippen molar-refractivity contribution in [1.82, 2.24) is 0 Å². The van der Waals surface area contributed by atoms with Crippen LogP contribution in [0.5, 0.6) is 0 Å². The van der Waals surface area contributed by atoms with E-state index in [2.05, 4.69) is 21.2 Å². The number of amides is 1. The van der Waals surface area contributed by atoms with Crippen LogP contribution in [0.3, 0.4) is 0 Å². The van der Waals surface area contributed by atoms with Crippen LogP contribution in [0.15, 0.2) is 40.9 Å².